The van der Waals surface area contributed by atoms with Gasteiger partial charge >= 0.3 is 0 Å². The van der Waals surface area contributed by atoms with Crippen molar-refractivity contribution in [3.8, 4) is 11.5 Å². The molecule has 3 nitrogen and oxygen atoms in total. The summed E-state index contributed by atoms with van der Waals surface area (Å²) in [5, 5.41) is 23.3. The minimum absolute atomic E-state index is 0.000535. The van der Waals surface area contributed by atoms with Crippen molar-refractivity contribution >= 4 is 0 Å². The van der Waals surface area contributed by atoms with Gasteiger partial charge in [-0.2, -0.15) is 0 Å². The molecule has 2 aromatic rings. The van der Waals surface area contributed by atoms with Crippen molar-refractivity contribution in [3.63, 3.8) is 0 Å². The highest BCUT2D eigenvalue weighted by Gasteiger charge is 2.36. The van der Waals surface area contributed by atoms with Gasteiger partial charge in [0.25, 0.3) is 0 Å². The van der Waals surface area contributed by atoms with Gasteiger partial charge in [0.15, 0.2) is 11.5 Å². The number of phenols is 2. The predicted octanol–water partition coefficient (Wildman–Crippen LogP) is 3.27. The molecule has 0 saturated carbocycles. The molecule has 3 atom stereocenters. The number of fused-ring (bicyclic) bond motifs is 3. The average Bonchev–Trinajstić information content (AvgIpc) is 2.56. The molecule has 22 heavy (non-hydrogen) atoms. The van der Waals surface area contributed by atoms with Gasteiger partial charge < -0.3 is 15.5 Å². The van der Waals surface area contributed by atoms with Crippen LogP contribution < -0.4 is 5.32 Å². The molecule has 3 heteroatoms. The van der Waals surface area contributed by atoms with E-state index >= 15 is 0 Å². The fraction of sp³-hybridized carbons (Fsp3) is 0.368. The number of phenolic OH excluding ortho intramolecular Hbond substituents is 2. The Labute approximate surface area is 130 Å². The average molecular weight is 295 g/mol. The molecular weight excluding hydrogens is 274 g/mol. The van der Waals surface area contributed by atoms with Crippen molar-refractivity contribution in [2.75, 3.05) is 6.54 Å². The van der Waals surface area contributed by atoms with Gasteiger partial charge in [0.1, 0.15) is 0 Å². The summed E-state index contributed by atoms with van der Waals surface area (Å²) in [6.07, 6.45) is 3.16. The maximum atomic E-state index is 9.88. The first-order valence-electron chi connectivity index (χ1n) is 8.05. The van der Waals surface area contributed by atoms with Crippen LogP contribution in [0, 0.1) is 0 Å². The van der Waals surface area contributed by atoms with Crippen LogP contribution in [0.25, 0.3) is 0 Å². The number of piperidine rings is 1. The van der Waals surface area contributed by atoms with Crippen molar-refractivity contribution < 1.29 is 10.2 Å². The first kappa shape index (κ1) is 13.6. The number of benzene rings is 2. The van der Waals surface area contributed by atoms with Gasteiger partial charge in [-0.1, -0.05) is 30.3 Å². The Balaban J connectivity index is 1.67. The number of aryl methyl sites for hydroxylation is 1. The Morgan fingerprint density at radius 2 is 1.77 bits per heavy atom. The molecule has 0 unspecified atom stereocenters. The van der Waals surface area contributed by atoms with Gasteiger partial charge in [0.2, 0.25) is 0 Å². The molecule has 0 radical (unpaired) electrons. The van der Waals surface area contributed by atoms with Crippen molar-refractivity contribution in [1.29, 1.82) is 0 Å². The molecule has 1 saturated heterocycles. The lowest BCUT2D eigenvalue weighted by molar-refractivity contribution is 0.292. The van der Waals surface area contributed by atoms with Crippen molar-refractivity contribution in [2.24, 2.45) is 0 Å². The first-order valence-corrected chi connectivity index (χ1v) is 8.05. The maximum Gasteiger partial charge on any atom is 0.157 e. The van der Waals surface area contributed by atoms with Crippen LogP contribution >= 0.6 is 0 Å². The Kier molecular flexibility index (Phi) is 3.30. The molecule has 0 bridgehead atoms. The van der Waals surface area contributed by atoms with E-state index in [2.05, 4.69) is 35.6 Å². The highest BCUT2D eigenvalue weighted by Crippen LogP contribution is 2.44. The Morgan fingerprint density at radius 1 is 1.00 bits per heavy atom. The highest BCUT2D eigenvalue weighted by molar-refractivity contribution is 5.49. The van der Waals surface area contributed by atoms with Crippen LogP contribution in [0.1, 0.15) is 41.4 Å². The minimum Gasteiger partial charge on any atom is -0.504 e. The molecule has 0 amide bonds. The largest absolute Gasteiger partial charge is 0.504 e. The van der Waals surface area contributed by atoms with Crippen molar-refractivity contribution in [2.45, 2.75) is 37.1 Å². The molecular formula is C19H21NO2. The second kappa shape index (κ2) is 5.33. The summed E-state index contributed by atoms with van der Waals surface area (Å²) in [5.41, 5.74) is 3.77. The summed E-state index contributed by atoms with van der Waals surface area (Å²) in [5.74, 6) is 0.917. The lowest BCUT2D eigenvalue weighted by Gasteiger charge is -2.41. The third-order valence-electron chi connectivity index (χ3n) is 5.28. The van der Waals surface area contributed by atoms with Crippen LogP contribution in [0.5, 0.6) is 11.5 Å². The second-order valence-electron chi connectivity index (χ2n) is 6.54. The summed E-state index contributed by atoms with van der Waals surface area (Å²) < 4.78 is 0. The van der Waals surface area contributed by atoms with E-state index in [1.165, 1.54) is 16.7 Å². The van der Waals surface area contributed by atoms with E-state index in [-0.39, 0.29) is 11.5 Å². The molecule has 114 valence electrons. The third-order valence-corrected chi connectivity index (χ3v) is 5.28. The van der Waals surface area contributed by atoms with E-state index in [0.717, 1.165) is 25.8 Å². The molecule has 3 N–H and O–H groups in total. The van der Waals surface area contributed by atoms with Gasteiger partial charge in [-0.05, 0) is 54.0 Å². The monoisotopic (exact) mass is 295 g/mol. The highest BCUT2D eigenvalue weighted by atomic mass is 16.3. The van der Waals surface area contributed by atoms with Gasteiger partial charge in [-0.25, -0.2) is 0 Å². The fourth-order valence-corrected chi connectivity index (χ4v) is 4.13. The molecule has 4 rings (SSSR count). The summed E-state index contributed by atoms with van der Waals surface area (Å²) in [7, 11) is 0. The van der Waals surface area contributed by atoms with Crippen LogP contribution in [-0.2, 0) is 6.42 Å². The van der Waals surface area contributed by atoms with Gasteiger partial charge in [-0.3, -0.25) is 0 Å². The normalized spacial score (nSPS) is 27.0. The lowest BCUT2D eigenvalue weighted by atomic mass is 9.71. The van der Waals surface area contributed by atoms with Crippen LogP contribution in [0.2, 0.25) is 0 Å². The van der Waals surface area contributed by atoms with Crippen molar-refractivity contribution in [1.82, 2.24) is 5.32 Å². The van der Waals surface area contributed by atoms with Crippen molar-refractivity contribution in [3.05, 3.63) is 59.2 Å². The van der Waals surface area contributed by atoms with E-state index in [1.54, 1.807) is 12.1 Å². The van der Waals surface area contributed by atoms with Crippen LogP contribution in [-0.4, -0.2) is 22.8 Å². The number of rotatable bonds is 1. The van der Waals surface area contributed by atoms with Gasteiger partial charge in [-0.15, -0.1) is 0 Å². The SMILES string of the molecule is Oc1cc2c(cc1O)[C@H]1C[C@@H](c3ccccc3)CN[C@@H]1CC2. The van der Waals surface area contributed by atoms with E-state index in [1.807, 2.05) is 0 Å². The molecule has 0 aromatic heterocycles. The molecule has 1 heterocycles. The lowest BCUT2D eigenvalue weighted by Crippen LogP contribution is -2.45. The zero-order chi connectivity index (χ0) is 15.1. The number of nitrogens with one attached hydrogen (secondary N) is 1. The number of aromatic hydroxyl groups is 2. The first-order chi connectivity index (χ1) is 10.7. The standard InChI is InChI=1S/C19H21NO2/c21-18-9-13-6-7-17-16(15(13)10-19(18)22)8-14(11-20-17)12-4-2-1-3-5-12/h1-5,9-10,14,16-17,20-22H,6-8,11H2/t14-,16-,17-/m1/s1. The fourth-order valence-electron chi connectivity index (χ4n) is 4.13. The van der Waals surface area contributed by atoms with E-state index in [9.17, 15) is 10.2 Å². The summed E-state index contributed by atoms with van der Waals surface area (Å²) in [6.45, 7) is 1.02. The predicted molar refractivity (Wildman–Crippen MR) is 86.4 cm³/mol. The van der Waals surface area contributed by atoms with Crippen LogP contribution in [0.15, 0.2) is 42.5 Å². The summed E-state index contributed by atoms with van der Waals surface area (Å²) in [6, 6.07) is 14.6. The molecule has 2 aliphatic rings. The Morgan fingerprint density at radius 3 is 2.59 bits per heavy atom. The second-order valence-corrected chi connectivity index (χ2v) is 6.54. The molecule has 0 spiro atoms. The molecule has 1 aliphatic carbocycles. The van der Waals surface area contributed by atoms with Gasteiger partial charge in [0, 0.05) is 18.5 Å². The summed E-state index contributed by atoms with van der Waals surface area (Å²) >= 11 is 0. The Bertz CT molecular complexity index is 683. The zero-order valence-corrected chi connectivity index (χ0v) is 12.5. The zero-order valence-electron chi connectivity index (χ0n) is 12.5. The van der Waals surface area contributed by atoms with Gasteiger partial charge in [0.05, 0.1) is 0 Å². The number of hydrogen-bond acceptors (Lipinski definition) is 3. The van der Waals surface area contributed by atoms with E-state index in [0.29, 0.717) is 17.9 Å². The maximum absolute atomic E-state index is 9.88. The number of hydrogen-bond donors (Lipinski definition) is 3. The smallest absolute Gasteiger partial charge is 0.157 e. The molecule has 1 fully saturated rings. The minimum atomic E-state index is 0.000535. The van der Waals surface area contributed by atoms with E-state index < -0.39 is 0 Å². The topological polar surface area (TPSA) is 52.5 Å². The quantitative estimate of drug-likeness (QED) is 0.708. The molecule has 1 aliphatic heterocycles. The Hall–Kier alpha value is -2.00. The van der Waals surface area contributed by atoms with E-state index in [4.69, 9.17) is 0 Å². The van der Waals surface area contributed by atoms with Crippen LogP contribution in [0.4, 0.5) is 0 Å². The molecule has 2 aromatic carbocycles. The van der Waals surface area contributed by atoms with Crippen LogP contribution in [0.3, 0.4) is 0 Å². The summed E-state index contributed by atoms with van der Waals surface area (Å²) in [4.78, 5) is 0. The third kappa shape index (κ3) is 2.26.